The van der Waals surface area contributed by atoms with E-state index in [4.69, 9.17) is 4.74 Å². The monoisotopic (exact) mass is 393 g/mol. The smallest absolute Gasteiger partial charge is 0.416 e. The van der Waals surface area contributed by atoms with Crippen LogP contribution in [0.5, 0.6) is 5.75 Å². The van der Waals surface area contributed by atoms with Crippen molar-refractivity contribution >= 4 is 17.4 Å². The van der Waals surface area contributed by atoms with E-state index in [-0.39, 0.29) is 6.03 Å². The molecule has 1 saturated heterocycles. The maximum atomic E-state index is 12.6. The third-order valence-electron chi connectivity index (χ3n) is 4.54. The van der Waals surface area contributed by atoms with Gasteiger partial charge in [-0.15, -0.1) is 0 Å². The highest BCUT2D eigenvalue weighted by atomic mass is 19.4. The molecule has 0 bridgehead atoms. The van der Waals surface area contributed by atoms with E-state index in [9.17, 15) is 18.0 Å². The summed E-state index contributed by atoms with van der Waals surface area (Å²) >= 11 is 0. The van der Waals surface area contributed by atoms with Crippen LogP contribution in [0.3, 0.4) is 0 Å². The Hall–Kier alpha value is -2.90. The molecule has 1 N–H and O–H groups in total. The Bertz CT molecular complexity index is 801. The minimum Gasteiger partial charge on any atom is -0.492 e. The predicted molar refractivity (Wildman–Crippen MR) is 102 cm³/mol. The molecule has 2 aromatic rings. The van der Waals surface area contributed by atoms with Gasteiger partial charge in [0.1, 0.15) is 5.75 Å². The zero-order chi connectivity index (χ0) is 20.1. The molecule has 1 aliphatic heterocycles. The van der Waals surface area contributed by atoms with Crippen molar-refractivity contribution < 1.29 is 22.7 Å². The Balaban J connectivity index is 1.57. The number of piperazine rings is 1. The number of alkyl halides is 3. The first-order valence-electron chi connectivity index (χ1n) is 9.08. The van der Waals surface area contributed by atoms with Gasteiger partial charge in [0.2, 0.25) is 0 Å². The molecule has 150 valence electrons. The number of anilines is 2. The second-order valence-electron chi connectivity index (χ2n) is 6.38. The number of nitrogens with one attached hydrogen (secondary N) is 1. The summed E-state index contributed by atoms with van der Waals surface area (Å²) in [4.78, 5) is 16.2. The molecule has 5 nitrogen and oxygen atoms in total. The van der Waals surface area contributed by atoms with E-state index in [1.54, 1.807) is 4.90 Å². The normalized spacial score (nSPS) is 14.7. The summed E-state index contributed by atoms with van der Waals surface area (Å²) < 4.78 is 43.5. The molecule has 1 aliphatic rings. The number of hydrogen-bond acceptors (Lipinski definition) is 3. The topological polar surface area (TPSA) is 44.8 Å². The van der Waals surface area contributed by atoms with Crippen molar-refractivity contribution in [2.45, 2.75) is 13.1 Å². The minimum atomic E-state index is -4.39. The van der Waals surface area contributed by atoms with Gasteiger partial charge in [0, 0.05) is 31.9 Å². The van der Waals surface area contributed by atoms with E-state index in [1.165, 1.54) is 12.1 Å². The summed E-state index contributed by atoms with van der Waals surface area (Å²) in [5.41, 5.74) is 0.585. The van der Waals surface area contributed by atoms with Gasteiger partial charge in [-0.25, -0.2) is 4.79 Å². The van der Waals surface area contributed by atoms with Crippen molar-refractivity contribution in [3.63, 3.8) is 0 Å². The van der Waals surface area contributed by atoms with Crippen LogP contribution in [0.15, 0.2) is 48.5 Å². The molecular weight excluding hydrogens is 371 g/mol. The molecule has 0 aromatic heterocycles. The molecule has 1 heterocycles. The molecule has 0 unspecified atom stereocenters. The highest BCUT2D eigenvalue weighted by Gasteiger charge is 2.30. The van der Waals surface area contributed by atoms with Crippen LogP contribution in [-0.4, -0.2) is 43.7 Å². The lowest BCUT2D eigenvalue weighted by Gasteiger charge is -2.36. The highest BCUT2D eigenvalue weighted by Crippen LogP contribution is 2.30. The van der Waals surface area contributed by atoms with Crippen LogP contribution in [0.1, 0.15) is 12.5 Å². The number of halogens is 3. The molecule has 8 heteroatoms. The van der Waals surface area contributed by atoms with Crippen molar-refractivity contribution in [2.75, 3.05) is 43.0 Å². The molecule has 2 aromatic carbocycles. The molecular formula is C20H22F3N3O2. The second-order valence-corrected chi connectivity index (χ2v) is 6.38. The van der Waals surface area contributed by atoms with Gasteiger partial charge in [-0.1, -0.05) is 12.1 Å². The number of carbonyl (C=O) groups is 1. The first-order chi connectivity index (χ1) is 13.4. The van der Waals surface area contributed by atoms with E-state index in [1.807, 2.05) is 31.2 Å². The maximum Gasteiger partial charge on any atom is 0.416 e. The summed E-state index contributed by atoms with van der Waals surface area (Å²) in [7, 11) is 0. The van der Waals surface area contributed by atoms with Crippen molar-refractivity contribution in [1.29, 1.82) is 0 Å². The maximum absolute atomic E-state index is 12.6. The summed E-state index contributed by atoms with van der Waals surface area (Å²) in [6, 6.07) is 11.9. The molecule has 0 atom stereocenters. The Morgan fingerprint density at radius 2 is 1.68 bits per heavy atom. The van der Waals surface area contributed by atoms with Gasteiger partial charge >= 0.3 is 12.2 Å². The molecule has 0 spiro atoms. The number of rotatable bonds is 4. The van der Waals surface area contributed by atoms with Gasteiger partial charge in [-0.05, 0) is 43.3 Å². The van der Waals surface area contributed by atoms with Gasteiger partial charge in [0.05, 0.1) is 17.9 Å². The number of nitrogens with zero attached hydrogens (tertiary/aromatic N) is 2. The zero-order valence-electron chi connectivity index (χ0n) is 15.5. The number of hydrogen-bond donors (Lipinski definition) is 1. The number of benzene rings is 2. The van der Waals surface area contributed by atoms with Crippen molar-refractivity contribution in [1.82, 2.24) is 4.90 Å². The lowest BCUT2D eigenvalue weighted by atomic mass is 10.2. The molecule has 1 fully saturated rings. The third kappa shape index (κ3) is 4.68. The number of para-hydroxylation sites is 2. The Morgan fingerprint density at radius 1 is 1.04 bits per heavy atom. The van der Waals surface area contributed by atoms with Crippen molar-refractivity contribution in [2.24, 2.45) is 0 Å². The fourth-order valence-corrected chi connectivity index (χ4v) is 3.09. The first kappa shape index (κ1) is 19.9. The van der Waals surface area contributed by atoms with Crippen LogP contribution in [0, 0.1) is 0 Å². The number of carbonyl (C=O) groups excluding carboxylic acids is 1. The quantitative estimate of drug-likeness (QED) is 0.834. The number of urea groups is 1. The fraction of sp³-hybridized carbons (Fsp3) is 0.350. The standard InChI is InChI=1S/C20H22F3N3O2/c1-2-28-18-6-4-3-5-17(18)25-11-13-26(14-12-25)19(27)24-16-9-7-15(8-10-16)20(21,22)23/h3-10H,2,11-14H2,1H3,(H,24,27). The van der Waals surface area contributed by atoms with Gasteiger partial charge in [0.15, 0.2) is 0 Å². The van der Waals surface area contributed by atoms with Gasteiger partial charge in [-0.2, -0.15) is 13.2 Å². The van der Waals surface area contributed by atoms with Crippen molar-refractivity contribution in [3.8, 4) is 5.75 Å². The van der Waals surface area contributed by atoms with Crippen LogP contribution in [0.2, 0.25) is 0 Å². The van der Waals surface area contributed by atoms with Crippen LogP contribution in [-0.2, 0) is 6.18 Å². The summed E-state index contributed by atoms with van der Waals surface area (Å²) in [5, 5.41) is 2.65. The number of amides is 2. The zero-order valence-corrected chi connectivity index (χ0v) is 15.5. The Morgan fingerprint density at radius 3 is 2.29 bits per heavy atom. The van der Waals surface area contributed by atoms with Gasteiger partial charge in [0.25, 0.3) is 0 Å². The molecule has 0 aliphatic carbocycles. The summed E-state index contributed by atoms with van der Waals surface area (Å²) in [6.07, 6.45) is -4.39. The summed E-state index contributed by atoms with van der Waals surface area (Å²) in [5.74, 6) is 0.813. The van der Waals surface area contributed by atoms with Crippen LogP contribution < -0.4 is 15.0 Å². The largest absolute Gasteiger partial charge is 0.492 e. The van der Waals surface area contributed by atoms with Gasteiger partial charge in [-0.3, -0.25) is 0 Å². The van der Waals surface area contributed by atoms with Crippen LogP contribution in [0.4, 0.5) is 29.3 Å². The lowest BCUT2D eigenvalue weighted by Crippen LogP contribution is -2.50. The minimum absolute atomic E-state index is 0.322. The molecule has 0 saturated carbocycles. The molecule has 0 radical (unpaired) electrons. The number of ether oxygens (including phenoxy) is 1. The predicted octanol–water partition coefficient (Wildman–Crippen LogP) is 4.46. The lowest BCUT2D eigenvalue weighted by molar-refractivity contribution is -0.137. The van der Waals surface area contributed by atoms with Crippen LogP contribution >= 0.6 is 0 Å². The van der Waals surface area contributed by atoms with Crippen LogP contribution in [0.25, 0.3) is 0 Å². The molecule has 28 heavy (non-hydrogen) atoms. The van der Waals surface area contributed by atoms with E-state index < -0.39 is 11.7 Å². The first-order valence-corrected chi connectivity index (χ1v) is 9.08. The van der Waals surface area contributed by atoms with E-state index in [0.717, 1.165) is 23.6 Å². The average Bonchev–Trinajstić information content (AvgIpc) is 2.68. The second kappa shape index (κ2) is 8.41. The fourth-order valence-electron chi connectivity index (χ4n) is 3.09. The SMILES string of the molecule is CCOc1ccccc1N1CCN(C(=O)Nc2ccc(C(F)(F)F)cc2)CC1. The molecule has 2 amide bonds. The van der Waals surface area contributed by atoms with E-state index in [2.05, 4.69) is 10.2 Å². The Kier molecular flexibility index (Phi) is 5.96. The van der Waals surface area contributed by atoms with E-state index >= 15 is 0 Å². The van der Waals surface area contributed by atoms with E-state index in [0.29, 0.717) is 38.5 Å². The third-order valence-corrected chi connectivity index (χ3v) is 4.54. The summed E-state index contributed by atoms with van der Waals surface area (Å²) in [6.45, 7) is 4.81. The highest BCUT2D eigenvalue weighted by molar-refractivity contribution is 5.89. The van der Waals surface area contributed by atoms with Gasteiger partial charge < -0.3 is 19.9 Å². The van der Waals surface area contributed by atoms with Crippen molar-refractivity contribution in [3.05, 3.63) is 54.1 Å². The molecule has 3 rings (SSSR count). The Labute approximate surface area is 161 Å². The average molecular weight is 393 g/mol.